The number of para-hydroxylation sites is 1. The summed E-state index contributed by atoms with van der Waals surface area (Å²) in [7, 11) is -4.22. The molecule has 0 aliphatic rings. The molecule has 0 bridgehead atoms. The van der Waals surface area contributed by atoms with Gasteiger partial charge in [0.2, 0.25) is 11.8 Å². The van der Waals surface area contributed by atoms with Crippen LogP contribution in [0.5, 0.6) is 0 Å². The number of carbonyl (C=O) groups excluding carboxylic acids is 2. The van der Waals surface area contributed by atoms with Gasteiger partial charge in [0.15, 0.2) is 0 Å². The van der Waals surface area contributed by atoms with Gasteiger partial charge in [0.25, 0.3) is 10.0 Å². The van der Waals surface area contributed by atoms with Gasteiger partial charge in [-0.2, -0.15) is 0 Å². The lowest BCUT2D eigenvalue weighted by Gasteiger charge is -2.33. The molecule has 0 spiro atoms. The average molecular weight is 574 g/mol. The van der Waals surface area contributed by atoms with E-state index in [1.165, 1.54) is 47.4 Å². The van der Waals surface area contributed by atoms with Crippen molar-refractivity contribution in [1.82, 2.24) is 10.2 Å². The van der Waals surface area contributed by atoms with Crippen LogP contribution >= 0.6 is 11.6 Å². The first kappa shape index (κ1) is 30.1. The van der Waals surface area contributed by atoms with Crippen molar-refractivity contribution < 1.29 is 22.4 Å². The fourth-order valence-corrected chi connectivity index (χ4v) is 5.55. The molecule has 0 aliphatic carbocycles. The second-order valence-corrected chi connectivity index (χ2v) is 11.7. The molecule has 1 N–H and O–H groups in total. The highest BCUT2D eigenvalue weighted by atomic mass is 35.5. The van der Waals surface area contributed by atoms with Crippen LogP contribution in [-0.4, -0.2) is 43.8 Å². The number of amides is 2. The first-order valence-corrected chi connectivity index (χ1v) is 14.4. The number of benzene rings is 3. The van der Waals surface area contributed by atoms with E-state index in [-0.39, 0.29) is 23.0 Å². The average Bonchev–Trinajstić information content (AvgIpc) is 2.91. The van der Waals surface area contributed by atoms with Crippen LogP contribution in [0.3, 0.4) is 0 Å². The maximum atomic E-state index is 14.6. The zero-order valence-electron chi connectivity index (χ0n) is 22.4. The van der Waals surface area contributed by atoms with Crippen molar-refractivity contribution in [3.63, 3.8) is 0 Å². The van der Waals surface area contributed by atoms with E-state index in [0.717, 1.165) is 4.31 Å². The Kier molecular flexibility index (Phi) is 10.1. The van der Waals surface area contributed by atoms with Crippen LogP contribution < -0.4 is 9.62 Å². The Morgan fingerprint density at radius 3 is 2.21 bits per heavy atom. The summed E-state index contributed by atoms with van der Waals surface area (Å²) in [6, 6.07) is 17.3. The maximum Gasteiger partial charge on any atom is 0.264 e. The van der Waals surface area contributed by atoms with E-state index >= 15 is 0 Å². The number of rotatable bonds is 11. The second-order valence-electron chi connectivity index (χ2n) is 9.36. The van der Waals surface area contributed by atoms with Crippen LogP contribution in [-0.2, 0) is 26.2 Å². The molecule has 39 heavy (non-hydrogen) atoms. The van der Waals surface area contributed by atoms with Crippen molar-refractivity contribution in [2.24, 2.45) is 0 Å². The molecule has 2 amide bonds. The van der Waals surface area contributed by atoms with Gasteiger partial charge in [-0.25, -0.2) is 12.8 Å². The number of aryl methyl sites for hydroxylation is 1. The van der Waals surface area contributed by atoms with E-state index in [9.17, 15) is 22.4 Å². The SMILES string of the molecule is CC[C@@H](C)NC(=O)[C@H](C)N(Cc1ccccc1F)C(=O)CN(c1ccccc1C)S(=O)(=O)c1ccc(Cl)cc1. The van der Waals surface area contributed by atoms with E-state index in [0.29, 0.717) is 22.7 Å². The van der Waals surface area contributed by atoms with Crippen molar-refractivity contribution >= 4 is 39.1 Å². The van der Waals surface area contributed by atoms with Gasteiger partial charge in [-0.05, 0) is 69.2 Å². The number of sulfonamides is 1. The Hall–Kier alpha value is -3.43. The number of hydrogen-bond acceptors (Lipinski definition) is 4. The molecular formula is C29H33ClFN3O4S. The zero-order chi connectivity index (χ0) is 28.7. The first-order valence-electron chi connectivity index (χ1n) is 12.6. The standard InChI is InChI=1S/C29H33ClFN3O4S/c1-5-21(3)32-29(36)22(4)33(18-23-11-7-8-12-26(23)31)28(35)19-34(27-13-9-6-10-20(27)2)39(37,38)25-16-14-24(30)15-17-25/h6-17,21-22H,5,18-19H2,1-4H3,(H,32,36)/t21-,22+/m1/s1. The third kappa shape index (κ3) is 7.36. The van der Waals surface area contributed by atoms with Crippen LogP contribution in [0.1, 0.15) is 38.3 Å². The minimum Gasteiger partial charge on any atom is -0.352 e. The van der Waals surface area contributed by atoms with Gasteiger partial charge in [-0.1, -0.05) is 54.9 Å². The maximum absolute atomic E-state index is 14.6. The summed E-state index contributed by atoms with van der Waals surface area (Å²) in [4.78, 5) is 28.1. The summed E-state index contributed by atoms with van der Waals surface area (Å²) in [5.74, 6) is -1.61. The number of carbonyl (C=O) groups is 2. The molecule has 3 rings (SSSR count). The van der Waals surface area contributed by atoms with Gasteiger partial charge in [0, 0.05) is 23.2 Å². The van der Waals surface area contributed by atoms with Crippen molar-refractivity contribution in [2.75, 3.05) is 10.8 Å². The monoisotopic (exact) mass is 573 g/mol. The number of halogens is 2. The Bertz CT molecular complexity index is 1420. The highest BCUT2D eigenvalue weighted by Gasteiger charge is 2.33. The molecule has 7 nitrogen and oxygen atoms in total. The smallest absolute Gasteiger partial charge is 0.264 e. The molecule has 0 aliphatic heterocycles. The molecule has 0 radical (unpaired) electrons. The summed E-state index contributed by atoms with van der Waals surface area (Å²) in [6.07, 6.45) is 0.681. The summed E-state index contributed by atoms with van der Waals surface area (Å²) in [5.41, 5.74) is 1.14. The van der Waals surface area contributed by atoms with Gasteiger partial charge in [-0.15, -0.1) is 0 Å². The summed E-state index contributed by atoms with van der Waals surface area (Å²) in [5, 5.41) is 3.22. The van der Waals surface area contributed by atoms with E-state index < -0.39 is 40.2 Å². The fraction of sp³-hybridized carbons (Fsp3) is 0.310. The number of nitrogens with one attached hydrogen (secondary N) is 1. The Morgan fingerprint density at radius 2 is 1.59 bits per heavy atom. The van der Waals surface area contributed by atoms with Gasteiger partial charge >= 0.3 is 0 Å². The van der Waals surface area contributed by atoms with Crippen LogP contribution in [0.15, 0.2) is 77.7 Å². The largest absolute Gasteiger partial charge is 0.352 e. The second kappa shape index (κ2) is 13.1. The fourth-order valence-electron chi connectivity index (χ4n) is 3.95. The lowest BCUT2D eigenvalue weighted by atomic mass is 10.1. The van der Waals surface area contributed by atoms with Crippen molar-refractivity contribution in [3.8, 4) is 0 Å². The van der Waals surface area contributed by atoms with Gasteiger partial charge < -0.3 is 10.2 Å². The molecule has 0 saturated carbocycles. The third-order valence-corrected chi connectivity index (χ3v) is 8.56. The van der Waals surface area contributed by atoms with Crippen LogP contribution in [0.25, 0.3) is 0 Å². The number of anilines is 1. The Labute approximate surface area is 234 Å². The lowest BCUT2D eigenvalue weighted by Crippen LogP contribution is -2.52. The van der Waals surface area contributed by atoms with E-state index in [2.05, 4.69) is 5.32 Å². The highest BCUT2D eigenvalue weighted by Crippen LogP contribution is 2.28. The number of nitrogens with zero attached hydrogens (tertiary/aromatic N) is 2. The molecule has 208 valence electrons. The topological polar surface area (TPSA) is 86.8 Å². The molecule has 0 fully saturated rings. The van der Waals surface area contributed by atoms with Crippen LogP contribution in [0.4, 0.5) is 10.1 Å². The summed E-state index contributed by atoms with van der Waals surface area (Å²) in [6.45, 7) is 6.21. The highest BCUT2D eigenvalue weighted by molar-refractivity contribution is 7.92. The summed E-state index contributed by atoms with van der Waals surface area (Å²) >= 11 is 5.97. The van der Waals surface area contributed by atoms with Gasteiger partial charge in [0.05, 0.1) is 10.6 Å². The third-order valence-electron chi connectivity index (χ3n) is 6.53. The molecule has 3 aromatic rings. The van der Waals surface area contributed by atoms with Crippen molar-refractivity contribution in [1.29, 1.82) is 0 Å². The normalized spacial score (nSPS) is 12.9. The summed E-state index contributed by atoms with van der Waals surface area (Å²) < 4.78 is 43.3. The predicted octanol–water partition coefficient (Wildman–Crippen LogP) is 5.31. The van der Waals surface area contributed by atoms with Gasteiger partial charge in [0.1, 0.15) is 18.4 Å². The van der Waals surface area contributed by atoms with E-state index in [1.54, 1.807) is 44.2 Å². The molecular weight excluding hydrogens is 541 g/mol. The Morgan fingerprint density at radius 1 is 0.974 bits per heavy atom. The molecule has 3 aromatic carbocycles. The van der Waals surface area contributed by atoms with Gasteiger partial charge in [-0.3, -0.25) is 13.9 Å². The van der Waals surface area contributed by atoms with Crippen LogP contribution in [0, 0.1) is 12.7 Å². The predicted molar refractivity (Wildman–Crippen MR) is 151 cm³/mol. The molecule has 2 atom stereocenters. The molecule has 10 heteroatoms. The Balaban J connectivity index is 2.05. The zero-order valence-corrected chi connectivity index (χ0v) is 24.0. The molecule has 0 unspecified atom stereocenters. The minimum atomic E-state index is -4.22. The molecule has 0 aromatic heterocycles. The van der Waals surface area contributed by atoms with Crippen molar-refractivity contribution in [3.05, 3.63) is 94.8 Å². The van der Waals surface area contributed by atoms with Crippen molar-refractivity contribution in [2.45, 2.75) is 57.6 Å². The first-order chi connectivity index (χ1) is 18.4. The number of hydrogen-bond donors (Lipinski definition) is 1. The lowest BCUT2D eigenvalue weighted by molar-refractivity contribution is -0.139. The van der Waals surface area contributed by atoms with Crippen LogP contribution in [0.2, 0.25) is 5.02 Å². The molecule has 0 saturated heterocycles. The minimum absolute atomic E-state index is 0.0498. The van der Waals surface area contributed by atoms with E-state index in [4.69, 9.17) is 11.6 Å². The van der Waals surface area contributed by atoms with E-state index in [1.807, 2.05) is 13.8 Å². The molecule has 0 heterocycles. The quantitative estimate of drug-likeness (QED) is 0.337.